The number of nitrogens with one attached hydrogen (secondary N) is 1. The van der Waals surface area contributed by atoms with Crippen molar-refractivity contribution in [2.45, 2.75) is 18.2 Å². The smallest absolute Gasteiger partial charge is 0.325 e. The van der Waals surface area contributed by atoms with Gasteiger partial charge in [-0.1, -0.05) is 48.2 Å². The summed E-state index contributed by atoms with van der Waals surface area (Å²) in [6.45, 7) is 1.52. The second-order valence-electron chi connectivity index (χ2n) is 7.52. The molecule has 7 nitrogen and oxygen atoms in total. The molecule has 33 heavy (non-hydrogen) atoms. The lowest BCUT2D eigenvalue weighted by Crippen LogP contribution is -2.60. The number of benzene rings is 3. The van der Waals surface area contributed by atoms with Gasteiger partial charge < -0.3 is 4.74 Å². The van der Waals surface area contributed by atoms with E-state index in [0.717, 1.165) is 5.56 Å². The first-order valence-electron chi connectivity index (χ1n) is 10.4. The van der Waals surface area contributed by atoms with E-state index < -0.39 is 6.17 Å². The van der Waals surface area contributed by atoms with Gasteiger partial charge in [-0.3, -0.25) is 14.6 Å². The average molecular weight is 458 g/mol. The molecular weight excluding hydrogens is 436 g/mol. The first kappa shape index (κ1) is 21.0. The molecule has 8 heteroatoms. The van der Waals surface area contributed by atoms with Crippen molar-refractivity contribution in [3.63, 3.8) is 0 Å². The van der Waals surface area contributed by atoms with Crippen LogP contribution in [0.3, 0.4) is 0 Å². The molecule has 1 aliphatic heterocycles. The first-order chi connectivity index (χ1) is 16.1. The van der Waals surface area contributed by atoms with Crippen LogP contribution in [0.25, 0.3) is 11.3 Å². The van der Waals surface area contributed by atoms with Gasteiger partial charge in [-0.25, -0.2) is 4.90 Å². The van der Waals surface area contributed by atoms with Gasteiger partial charge in [0.2, 0.25) is 11.1 Å². The standard InChI is InChI=1S/C25H20N4O3S/c1-16(30)28-21-14-7-6-13-20(21)22-23(31)26-25(33-2)27-29(22)24(28)17-9-8-12-19(15-17)32-18-10-4-3-5-11-18/h3-15,24H,1-2H3/p+1/t24-/m1/s1. The number of carbonyl (C=O) groups excluding carboxylic acids is 1. The van der Waals surface area contributed by atoms with Crippen molar-refractivity contribution < 1.29 is 14.2 Å². The van der Waals surface area contributed by atoms with E-state index in [2.05, 4.69) is 10.1 Å². The van der Waals surface area contributed by atoms with Crippen molar-refractivity contribution in [1.82, 2.24) is 10.1 Å². The molecule has 0 fully saturated rings. The van der Waals surface area contributed by atoms with E-state index in [9.17, 15) is 9.59 Å². The second-order valence-corrected chi connectivity index (χ2v) is 8.32. The van der Waals surface area contributed by atoms with Gasteiger partial charge in [0.1, 0.15) is 11.5 Å². The molecule has 1 aromatic heterocycles. The van der Waals surface area contributed by atoms with E-state index in [1.54, 1.807) is 9.58 Å². The number of aromatic nitrogens is 3. The number of hydrogen-bond donors (Lipinski definition) is 1. The van der Waals surface area contributed by atoms with Crippen LogP contribution in [-0.4, -0.2) is 22.2 Å². The number of carbonyl (C=O) groups is 1. The van der Waals surface area contributed by atoms with Crippen LogP contribution >= 0.6 is 11.8 Å². The third-order valence-electron chi connectivity index (χ3n) is 5.43. The third-order valence-corrected chi connectivity index (χ3v) is 6.00. The fourth-order valence-electron chi connectivity index (χ4n) is 4.07. The highest BCUT2D eigenvalue weighted by atomic mass is 32.2. The Morgan fingerprint density at radius 2 is 1.76 bits per heavy atom. The number of ether oxygens (including phenoxy) is 1. The Hall–Kier alpha value is -3.91. The van der Waals surface area contributed by atoms with Crippen molar-refractivity contribution in [3.05, 3.63) is 94.8 Å². The predicted molar refractivity (Wildman–Crippen MR) is 127 cm³/mol. The van der Waals surface area contributed by atoms with Gasteiger partial charge >= 0.3 is 11.3 Å². The molecule has 0 radical (unpaired) electrons. The zero-order valence-corrected chi connectivity index (χ0v) is 18.9. The van der Waals surface area contributed by atoms with E-state index in [1.807, 2.05) is 85.1 Å². The number of hydrogen-bond acceptors (Lipinski definition) is 5. The molecule has 4 aromatic rings. The molecule has 1 aliphatic rings. The van der Waals surface area contributed by atoms with Crippen LogP contribution in [0.2, 0.25) is 0 Å². The minimum Gasteiger partial charge on any atom is -0.457 e. The number of amides is 1. The normalized spacial score (nSPS) is 14.4. The molecule has 1 atom stereocenters. The van der Waals surface area contributed by atoms with Crippen molar-refractivity contribution in [2.24, 2.45) is 0 Å². The van der Waals surface area contributed by atoms with Gasteiger partial charge in [-0.15, -0.1) is 0 Å². The Balaban J connectivity index is 1.72. The molecule has 0 bridgehead atoms. The highest BCUT2D eigenvalue weighted by molar-refractivity contribution is 7.98. The summed E-state index contributed by atoms with van der Waals surface area (Å²) in [6.07, 6.45) is 1.19. The molecule has 164 valence electrons. The van der Waals surface area contributed by atoms with Crippen molar-refractivity contribution in [1.29, 1.82) is 0 Å². The van der Waals surface area contributed by atoms with Gasteiger partial charge in [0.15, 0.2) is 0 Å². The van der Waals surface area contributed by atoms with Crippen molar-refractivity contribution >= 4 is 23.4 Å². The Bertz CT molecular complexity index is 1400. The summed E-state index contributed by atoms with van der Waals surface area (Å²) >= 11 is 1.33. The summed E-state index contributed by atoms with van der Waals surface area (Å²) in [5.41, 5.74) is 2.23. The molecule has 0 spiro atoms. The number of rotatable bonds is 4. The zero-order valence-electron chi connectivity index (χ0n) is 18.1. The maximum Gasteiger partial charge on any atom is 0.325 e. The van der Waals surface area contributed by atoms with E-state index in [-0.39, 0.29) is 11.5 Å². The van der Waals surface area contributed by atoms with Gasteiger partial charge in [-0.2, -0.15) is 0 Å². The monoisotopic (exact) mass is 457 g/mol. The molecule has 0 saturated heterocycles. The summed E-state index contributed by atoms with van der Waals surface area (Å²) < 4.78 is 7.66. The van der Waals surface area contributed by atoms with E-state index in [1.165, 1.54) is 18.7 Å². The number of thioether (sulfide) groups is 1. The molecule has 0 unspecified atom stereocenters. The summed E-state index contributed by atoms with van der Waals surface area (Å²) in [7, 11) is 0. The number of nitrogens with zero attached hydrogens (tertiary/aromatic N) is 3. The lowest BCUT2D eigenvalue weighted by molar-refractivity contribution is -0.763. The fraction of sp³-hybridized carbons (Fsp3) is 0.120. The Morgan fingerprint density at radius 3 is 2.52 bits per heavy atom. The molecule has 1 N–H and O–H groups in total. The third kappa shape index (κ3) is 3.78. The summed E-state index contributed by atoms with van der Waals surface area (Å²) in [6, 6.07) is 24.4. The van der Waals surface area contributed by atoms with E-state index in [0.29, 0.717) is 33.6 Å². The minimum absolute atomic E-state index is 0.159. The molecule has 5 rings (SSSR count). The highest BCUT2D eigenvalue weighted by Gasteiger charge is 2.44. The lowest BCUT2D eigenvalue weighted by Gasteiger charge is -2.31. The number of anilines is 1. The average Bonchev–Trinajstić information content (AvgIpc) is 2.83. The molecule has 2 heterocycles. The maximum absolute atomic E-state index is 13.1. The largest absolute Gasteiger partial charge is 0.457 e. The SMILES string of the molecule is CSc1n[n+]2c(c(=O)[nH]1)-c1ccccc1N(C(C)=O)[C@H]2c1cccc(Oc2ccccc2)c1. The summed E-state index contributed by atoms with van der Waals surface area (Å²) in [5, 5.41) is 5.15. The second kappa shape index (κ2) is 8.55. The van der Waals surface area contributed by atoms with Gasteiger partial charge in [0.25, 0.3) is 6.17 Å². The highest BCUT2D eigenvalue weighted by Crippen LogP contribution is 2.38. The van der Waals surface area contributed by atoms with Crippen LogP contribution in [0.5, 0.6) is 11.5 Å². The number of H-pyrrole nitrogens is 1. The Morgan fingerprint density at radius 1 is 1.03 bits per heavy atom. The van der Waals surface area contributed by atoms with Crippen LogP contribution < -0.4 is 19.9 Å². The van der Waals surface area contributed by atoms with Crippen LogP contribution in [0.1, 0.15) is 18.7 Å². The van der Waals surface area contributed by atoms with Crippen LogP contribution in [0.4, 0.5) is 5.69 Å². The van der Waals surface area contributed by atoms with Crippen LogP contribution in [-0.2, 0) is 4.79 Å². The molecule has 1 amide bonds. The van der Waals surface area contributed by atoms with Gasteiger partial charge in [0.05, 0.1) is 11.3 Å². The molecular formula is C25H21N4O3S+. The lowest BCUT2D eigenvalue weighted by atomic mass is 10.0. The van der Waals surface area contributed by atoms with E-state index >= 15 is 0 Å². The van der Waals surface area contributed by atoms with Crippen molar-refractivity contribution in [3.8, 4) is 22.8 Å². The van der Waals surface area contributed by atoms with Crippen molar-refractivity contribution in [2.75, 3.05) is 11.2 Å². The number of aromatic amines is 1. The fourth-order valence-corrected chi connectivity index (χ4v) is 4.43. The van der Waals surface area contributed by atoms with Gasteiger partial charge in [0, 0.05) is 17.6 Å². The molecule has 0 saturated carbocycles. The zero-order chi connectivity index (χ0) is 22.9. The van der Waals surface area contributed by atoms with Crippen LogP contribution in [0.15, 0.2) is 88.8 Å². The topological polar surface area (TPSA) is 79.2 Å². The molecule has 3 aromatic carbocycles. The minimum atomic E-state index is -0.653. The Labute approximate surface area is 194 Å². The quantitative estimate of drug-likeness (QED) is 0.368. The van der Waals surface area contributed by atoms with E-state index in [4.69, 9.17) is 4.74 Å². The first-order valence-corrected chi connectivity index (χ1v) is 11.6. The predicted octanol–water partition coefficient (Wildman–Crippen LogP) is 4.15. The van der Waals surface area contributed by atoms with Gasteiger partial charge in [-0.05, 0) is 53.4 Å². The Kier molecular flexibility index (Phi) is 5.43. The maximum atomic E-state index is 13.1. The molecule has 0 aliphatic carbocycles. The van der Waals surface area contributed by atoms with Crippen LogP contribution in [0, 0.1) is 0 Å². The number of fused-ring (bicyclic) bond motifs is 3. The number of para-hydroxylation sites is 2. The summed E-state index contributed by atoms with van der Waals surface area (Å²) in [5.74, 6) is 1.17. The summed E-state index contributed by atoms with van der Waals surface area (Å²) in [4.78, 5) is 30.5.